The maximum absolute atomic E-state index is 14.6. The fourth-order valence-electron chi connectivity index (χ4n) is 17.1. The van der Waals surface area contributed by atoms with Crippen LogP contribution < -0.4 is 32.2 Å². The number of hydrogen-bond acceptors (Lipinski definition) is 11. The molecule has 15 nitrogen and oxygen atoms in total. The number of aromatic nitrogens is 1. The second kappa shape index (κ2) is 25.4. The van der Waals surface area contributed by atoms with Crippen LogP contribution in [0.5, 0.6) is 11.5 Å². The van der Waals surface area contributed by atoms with E-state index in [4.69, 9.17) is 25.9 Å². The van der Waals surface area contributed by atoms with Crippen molar-refractivity contribution in [1.29, 1.82) is 0 Å². The van der Waals surface area contributed by atoms with Gasteiger partial charge in [0, 0.05) is 67.4 Å². The van der Waals surface area contributed by atoms with E-state index in [0.717, 1.165) is 84.4 Å². The predicted octanol–water partition coefficient (Wildman–Crippen LogP) is 10.8. The van der Waals surface area contributed by atoms with E-state index in [1.165, 1.54) is 22.3 Å². The molecule has 0 radical (unpaired) electrons. The summed E-state index contributed by atoms with van der Waals surface area (Å²) in [5, 5.41) is 45.2. The minimum absolute atomic E-state index is 0.0369. The molecule has 14 atom stereocenters. The van der Waals surface area contributed by atoms with Crippen LogP contribution in [0.4, 0.5) is 5.82 Å². The summed E-state index contributed by atoms with van der Waals surface area (Å²) in [5.41, 5.74) is 22.7. The number of ether oxygens (including phenoxy) is 2. The van der Waals surface area contributed by atoms with Crippen molar-refractivity contribution in [3.05, 3.63) is 194 Å². The average Bonchev–Trinajstić information content (AvgIpc) is 2.12. The summed E-state index contributed by atoms with van der Waals surface area (Å²) < 4.78 is 55.8. The summed E-state index contributed by atoms with van der Waals surface area (Å²) in [6.07, 6.45) is 11.3. The smallest absolute Gasteiger partial charge is 0.268 e. The topological polar surface area (TPSA) is 250 Å². The number of nitrogens with one attached hydrogen (secondary N) is 4. The van der Waals surface area contributed by atoms with Crippen molar-refractivity contribution in [1.82, 2.24) is 15.6 Å². The lowest BCUT2D eigenvalue weighted by Gasteiger charge is -2.46. The van der Waals surface area contributed by atoms with E-state index < -0.39 is 50.6 Å². The molecule has 10 bridgehead atoms. The first-order valence-corrected chi connectivity index (χ1v) is 34.0. The van der Waals surface area contributed by atoms with Gasteiger partial charge in [0.15, 0.2) is 5.96 Å². The Labute approximate surface area is 524 Å². The molecule has 1 saturated heterocycles. The Hall–Kier alpha value is -6.94. The maximum Gasteiger partial charge on any atom is 0.268 e. The number of nitrogens with two attached hydrogens (primary N) is 2. The van der Waals surface area contributed by atoms with Crippen LogP contribution in [-0.2, 0) is 46.4 Å². The van der Waals surface area contributed by atoms with Gasteiger partial charge in [-0.15, -0.1) is 0 Å². The SMILES string of the molecule is CNCc1cc2c(cc1[C@H]1CCC[C@](O)([C@H](Cc3ccccc3)C[C@]3(N=C(N)N)Oc4ccc5c(c4)CC[C@@H](C)[C@@H]5C[C@@H](S(=O)(=O)O)[C@H]4C=C5C[C@H](C[C@H]6C[C@@H](CO)CC#Cc7cc(O)ccc7[C@@H]5O6)[C@@H]4c4ccc3cc4)C1)[C@H](CNc1ccc[nH]1)NCC2. The van der Waals surface area contributed by atoms with Gasteiger partial charge in [0.1, 0.15) is 23.4 Å². The lowest BCUT2D eigenvalue weighted by Crippen LogP contribution is -2.48. The van der Waals surface area contributed by atoms with Crippen LogP contribution in [0.2, 0.25) is 0 Å². The fraction of sp³-hybridized carbons (Fsp3) is 0.466. The van der Waals surface area contributed by atoms with Crippen molar-refractivity contribution in [2.45, 2.75) is 156 Å². The number of phenolic OH excluding ortho intramolecular Hbond substituents is 1. The van der Waals surface area contributed by atoms with Crippen molar-refractivity contribution in [2.75, 3.05) is 32.1 Å². The molecule has 468 valence electrons. The number of H-pyrrole nitrogens is 1. The van der Waals surface area contributed by atoms with Gasteiger partial charge in [0.2, 0.25) is 5.72 Å². The van der Waals surface area contributed by atoms with E-state index in [-0.39, 0.29) is 72.9 Å². The van der Waals surface area contributed by atoms with Crippen molar-refractivity contribution >= 4 is 21.9 Å². The Bertz CT molecular complexity index is 3770. The van der Waals surface area contributed by atoms with E-state index in [1.807, 2.05) is 67.8 Å². The van der Waals surface area contributed by atoms with Gasteiger partial charge in [0.05, 0.1) is 17.0 Å². The fourth-order valence-corrected chi connectivity index (χ4v) is 18.2. The van der Waals surface area contributed by atoms with Gasteiger partial charge in [0.25, 0.3) is 10.1 Å². The Kier molecular flexibility index (Phi) is 17.4. The molecule has 6 aliphatic heterocycles. The van der Waals surface area contributed by atoms with Crippen LogP contribution in [0.15, 0.2) is 138 Å². The molecule has 5 aromatic carbocycles. The predicted molar refractivity (Wildman–Crippen MR) is 348 cm³/mol. The van der Waals surface area contributed by atoms with Gasteiger partial charge in [-0.2, -0.15) is 8.42 Å². The van der Waals surface area contributed by atoms with Gasteiger partial charge in [-0.1, -0.05) is 104 Å². The highest BCUT2D eigenvalue weighted by molar-refractivity contribution is 7.86. The molecule has 6 aromatic rings. The van der Waals surface area contributed by atoms with E-state index in [9.17, 15) is 28.3 Å². The minimum atomic E-state index is -4.71. The van der Waals surface area contributed by atoms with Gasteiger partial charge >= 0.3 is 0 Å². The van der Waals surface area contributed by atoms with Crippen molar-refractivity contribution in [3.8, 4) is 23.3 Å². The number of rotatable bonds is 14. The highest BCUT2D eigenvalue weighted by Gasteiger charge is 2.51. The Morgan fingerprint density at radius 1 is 0.910 bits per heavy atom. The molecule has 2 fully saturated rings. The number of aromatic hydroxyl groups is 1. The highest BCUT2D eigenvalue weighted by atomic mass is 32.2. The zero-order valence-electron chi connectivity index (χ0n) is 51.2. The van der Waals surface area contributed by atoms with E-state index in [1.54, 1.807) is 12.1 Å². The van der Waals surface area contributed by atoms with Crippen molar-refractivity contribution < 1.29 is 37.8 Å². The zero-order chi connectivity index (χ0) is 61.6. The van der Waals surface area contributed by atoms with Gasteiger partial charge in [-0.05, 0) is 219 Å². The molecule has 89 heavy (non-hydrogen) atoms. The van der Waals surface area contributed by atoms with E-state index >= 15 is 0 Å². The Morgan fingerprint density at radius 2 is 1.73 bits per heavy atom. The number of benzene rings is 5. The number of fused-ring (bicyclic) bond motifs is 9. The minimum Gasteiger partial charge on any atom is -0.508 e. The third-order valence-corrected chi connectivity index (χ3v) is 22.7. The second-order valence-electron chi connectivity index (χ2n) is 27.1. The number of aromatic amines is 1. The molecule has 12 N–H and O–H groups in total. The number of guanidine groups is 1. The van der Waals surface area contributed by atoms with Crippen LogP contribution in [0.3, 0.4) is 0 Å². The summed E-state index contributed by atoms with van der Waals surface area (Å²) >= 11 is 0. The summed E-state index contributed by atoms with van der Waals surface area (Å²) in [7, 11) is -2.71. The highest BCUT2D eigenvalue weighted by Crippen LogP contribution is 2.56. The molecule has 1 saturated carbocycles. The number of aliphatic hydroxyl groups is 2. The monoisotopic (exact) mass is 1220 g/mol. The molecule has 0 unspecified atom stereocenters. The van der Waals surface area contributed by atoms with Crippen LogP contribution in [0.1, 0.15) is 169 Å². The first-order chi connectivity index (χ1) is 43.0. The molecular weight excluding hydrogens is 1130 g/mol. The lowest BCUT2D eigenvalue weighted by molar-refractivity contribution is -0.0834. The van der Waals surface area contributed by atoms with Crippen LogP contribution in [-0.4, -0.2) is 82.9 Å². The van der Waals surface area contributed by atoms with E-state index in [2.05, 4.69) is 94.3 Å². The first kappa shape index (κ1) is 60.9. The summed E-state index contributed by atoms with van der Waals surface area (Å²) in [6, 6.07) is 38.8. The average molecular weight is 1220 g/mol. The van der Waals surface area contributed by atoms with E-state index in [0.29, 0.717) is 68.4 Å². The number of hydrogen-bond donors (Lipinski definition) is 10. The van der Waals surface area contributed by atoms with Gasteiger partial charge in [-0.25, -0.2) is 4.99 Å². The molecule has 3 aliphatic carbocycles. The van der Waals surface area contributed by atoms with Crippen molar-refractivity contribution in [2.24, 2.45) is 46.0 Å². The number of aliphatic hydroxyl groups excluding tert-OH is 1. The Balaban J connectivity index is 0.942. The number of aryl methyl sites for hydroxylation is 1. The number of allylic oxidation sites excluding steroid dienone is 1. The second-order valence-corrected chi connectivity index (χ2v) is 28.7. The summed E-state index contributed by atoms with van der Waals surface area (Å²) in [6.45, 7) is 4.41. The zero-order valence-corrected chi connectivity index (χ0v) is 52.0. The largest absolute Gasteiger partial charge is 0.508 e. The van der Waals surface area contributed by atoms with Gasteiger partial charge in [-0.3, -0.25) is 4.55 Å². The lowest BCUT2D eigenvalue weighted by atomic mass is 9.64. The Morgan fingerprint density at radius 3 is 2.51 bits per heavy atom. The summed E-state index contributed by atoms with van der Waals surface area (Å²) in [5.74, 6) is 6.01. The number of aliphatic imine (C=N–C) groups is 1. The molecule has 1 aromatic heterocycles. The number of phenols is 1. The van der Waals surface area contributed by atoms with Crippen LogP contribution in [0.25, 0.3) is 0 Å². The van der Waals surface area contributed by atoms with Crippen LogP contribution in [0, 0.1) is 41.4 Å². The number of anilines is 1. The molecule has 0 amide bonds. The molecule has 16 heteroatoms. The van der Waals surface area contributed by atoms with Crippen LogP contribution >= 0.6 is 0 Å². The normalized spacial score (nSPS) is 30.0. The molecule has 9 aliphatic rings. The molecule has 0 spiro atoms. The third kappa shape index (κ3) is 12.7. The third-order valence-electron chi connectivity index (χ3n) is 21.4. The maximum atomic E-state index is 14.6. The molecular formula is C73H87N7O8S. The standard InChI is InChI=1S/C73H87N7O8S/c1-44-15-16-49-34-58-22-24-60(49)62(44)38-67(89(84,85)86)65-36-53-32-52(35-59-30-46(43-81)11-6-12-48-33-57(82)21-23-61(48)70(53)87-59)69(65)47-17-19-55(20-18-47)73(88-58,80-71(74)75)40-56(29-45-9-4-3-5-10-45)72(83)26-7-13-51(39-72)63-37-64-50(31-54(63)41-76-2)25-28-77-66(64)42-79-68-14-8-27-78-68/h3-5,8-10,14,17-24,27,31,33-34,36-37,44,46,51-52,56,59,62,65-67,69-70,76-79,81-83H,7,11,13,15-16,25-26,28-30,32,35,38-43H2,1-2H3,(H4,74,75,80)(H,84,85,86)/t44-,46+,51+,52-,56-,59-,62+,65-,66+,67-,69+,70-,72-,73+/m1/s1. The first-order valence-electron chi connectivity index (χ1n) is 32.5. The number of nitrogens with zero attached hydrogens (tertiary/aromatic N) is 1. The van der Waals surface area contributed by atoms with Gasteiger partial charge < -0.3 is 57.2 Å². The molecule has 7 heterocycles. The summed E-state index contributed by atoms with van der Waals surface area (Å²) in [4.78, 5) is 8.54. The molecule has 15 rings (SSSR count). The van der Waals surface area contributed by atoms with Crippen molar-refractivity contribution in [3.63, 3.8) is 0 Å². The quantitative estimate of drug-likeness (QED) is 0.0160.